The molecule has 162 valence electrons. The number of carbonyl (C=O) groups is 3. The number of hydrogen-bond acceptors (Lipinski definition) is 5. The average molecular weight is 430 g/mol. The van der Waals surface area contributed by atoms with Crippen molar-refractivity contribution in [3.8, 4) is 11.5 Å². The molecule has 2 heterocycles. The molecule has 0 aromatic heterocycles. The summed E-state index contributed by atoms with van der Waals surface area (Å²) < 4.78 is 11.2. The lowest BCUT2D eigenvalue weighted by atomic mass is 9.88. The van der Waals surface area contributed by atoms with Crippen molar-refractivity contribution in [2.75, 3.05) is 19.8 Å². The fourth-order valence-corrected chi connectivity index (χ4v) is 4.26. The maximum Gasteiger partial charge on any atom is 0.325 e. The van der Waals surface area contributed by atoms with Crippen molar-refractivity contribution in [2.24, 2.45) is 0 Å². The predicted octanol–water partition coefficient (Wildman–Crippen LogP) is 3.65. The molecule has 1 N–H and O–H groups in total. The van der Waals surface area contributed by atoms with Crippen molar-refractivity contribution >= 4 is 28.5 Å². The van der Waals surface area contributed by atoms with Gasteiger partial charge in [0.25, 0.3) is 5.91 Å². The Labute approximate surface area is 184 Å². The molecule has 3 amide bonds. The van der Waals surface area contributed by atoms with Gasteiger partial charge in [-0.1, -0.05) is 42.5 Å². The number of carbonyl (C=O) groups excluding carboxylic acids is 3. The Kier molecular flexibility index (Phi) is 4.81. The molecule has 1 atom stereocenters. The van der Waals surface area contributed by atoms with Gasteiger partial charge in [0.15, 0.2) is 17.3 Å². The predicted molar refractivity (Wildman–Crippen MR) is 118 cm³/mol. The number of imide groups is 1. The van der Waals surface area contributed by atoms with Gasteiger partial charge in [0.1, 0.15) is 5.54 Å². The van der Waals surface area contributed by atoms with Crippen LogP contribution in [0.4, 0.5) is 4.79 Å². The van der Waals surface area contributed by atoms with E-state index in [0.717, 1.165) is 22.1 Å². The molecule has 0 unspecified atom stereocenters. The summed E-state index contributed by atoms with van der Waals surface area (Å²) in [6.07, 6.45) is 0.757. The summed E-state index contributed by atoms with van der Waals surface area (Å²) >= 11 is 0. The van der Waals surface area contributed by atoms with Crippen LogP contribution >= 0.6 is 0 Å². The Morgan fingerprint density at radius 1 is 1.00 bits per heavy atom. The highest BCUT2D eigenvalue weighted by atomic mass is 16.5. The van der Waals surface area contributed by atoms with Crippen molar-refractivity contribution in [1.29, 1.82) is 0 Å². The number of fused-ring (bicyclic) bond motifs is 2. The maximum atomic E-state index is 13.4. The normalized spacial score (nSPS) is 20.2. The van der Waals surface area contributed by atoms with E-state index in [2.05, 4.69) is 5.32 Å². The Bertz CT molecular complexity index is 1250. The third kappa shape index (κ3) is 3.26. The van der Waals surface area contributed by atoms with E-state index in [9.17, 15) is 14.4 Å². The maximum absolute atomic E-state index is 13.4. The highest BCUT2D eigenvalue weighted by Gasteiger charge is 2.50. The number of rotatable bonds is 4. The monoisotopic (exact) mass is 430 g/mol. The van der Waals surface area contributed by atoms with E-state index in [4.69, 9.17) is 9.47 Å². The van der Waals surface area contributed by atoms with E-state index >= 15 is 0 Å². The van der Waals surface area contributed by atoms with Crippen LogP contribution in [0.1, 0.15) is 29.3 Å². The van der Waals surface area contributed by atoms with E-state index in [1.807, 2.05) is 42.5 Å². The second kappa shape index (κ2) is 7.67. The zero-order valence-corrected chi connectivity index (χ0v) is 17.6. The molecule has 3 aromatic carbocycles. The van der Waals surface area contributed by atoms with Gasteiger partial charge in [-0.3, -0.25) is 14.5 Å². The number of Topliss-reactive ketones (excluding diaryl/α,β-unsaturated/α-hetero) is 1. The van der Waals surface area contributed by atoms with Gasteiger partial charge >= 0.3 is 6.03 Å². The number of nitrogens with zero attached hydrogens (tertiary/aromatic N) is 1. The lowest BCUT2D eigenvalue weighted by molar-refractivity contribution is -0.130. The molecule has 0 spiro atoms. The summed E-state index contributed by atoms with van der Waals surface area (Å²) in [5.41, 5.74) is -0.212. The Morgan fingerprint density at radius 3 is 2.59 bits per heavy atom. The van der Waals surface area contributed by atoms with Gasteiger partial charge in [0.2, 0.25) is 0 Å². The number of ether oxygens (including phenoxy) is 2. The van der Waals surface area contributed by atoms with Crippen molar-refractivity contribution in [3.63, 3.8) is 0 Å². The summed E-state index contributed by atoms with van der Waals surface area (Å²) in [6.45, 7) is 2.37. The minimum atomic E-state index is -1.26. The van der Waals surface area contributed by atoms with Crippen LogP contribution in [-0.2, 0) is 10.3 Å². The molecule has 2 aliphatic rings. The van der Waals surface area contributed by atoms with Crippen LogP contribution in [0, 0.1) is 0 Å². The van der Waals surface area contributed by atoms with Gasteiger partial charge < -0.3 is 14.8 Å². The van der Waals surface area contributed by atoms with E-state index in [-0.39, 0.29) is 12.3 Å². The van der Waals surface area contributed by atoms with Gasteiger partial charge in [0, 0.05) is 12.0 Å². The first-order valence-corrected chi connectivity index (χ1v) is 10.5. The third-order valence-electron chi connectivity index (χ3n) is 5.97. The SMILES string of the molecule is C[C@]1(c2cccc3ccccc23)NC(=O)N(CC(=O)c2ccc3c(c2)OCCCO3)C1=O. The van der Waals surface area contributed by atoms with Crippen molar-refractivity contribution in [1.82, 2.24) is 10.2 Å². The molecule has 7 heteroatoms. The minimum absolute atomic E-state index is 0.355. The number of urea groups is 1. The van der Waals surface area contributed by atoms with Crippen LogP contribution in [0.25, 0.3) is 10.8 Å². The largest absolute Gasteiger partial charge is 0.490 e. The quantitative estimate of drug-likeness (QED) is 0.505. The van der Waals surface area contributed by atoms with E-state index in [1.165, 1.54) is 0 Å². The molecule has 5 rings (SSSR count). The minimum Gasteiger partial charge on any atom is -0.490 e. The van der Waals surface area contributed by atoms with Crippen LogP contribution in [0.2, 0.25) is 0 Å². The van der Waals surface area contributed by atoms with Crippen molar-refractivity contribution in [3.05, 3.63) is 71.8 Å². The first kappa shape index (κ1) is 20.1. The second-order valence-corrected chi connectivity index (χ2v) is 8.11. The fourth-order valence-electron chi connectivity index (χ4n) is 4.26. The lowest BCUT2D eigenvalue weighted by Crippen LogP contribution is -2.41. The summed E-state index contributed by atoms with van der Waals surface area (Å²) in [4.78, 5) is 40.1. The number of ketones is 1. The summed E-state index contributed by atoms with van der Waals surface area (Å²) in [6, 6.07) is 17.6. The van der Waals surface area contributed by atoms with Gasteiger partial charge in [-0.25, -0.2) is 4.79 Å². The highest BCUT2D eigenvalue weighted by molar-refractivity contribution is 6.12. The van der Waals surface area contributed by atoms with Gasteiger partial charge in [-0.05, 0) is 41.5 Å². The number of hydrogen-bond donors (Lipinski definition) is 1. The number of nitrogens with one attached hydrogen (secondary N) is 1. The molecule has 0 bridgehead atoms. The zero-order chi connectivity index (χ0) is 22.3. The number of benzene rings is 3. The molecule has 2 aliphatic heterocycles. The van der Waals surface area contributed by atoms with Crippen LogP contribution in [0.3, 0.4) is 0 Å². The van der Waals surface area contributed by atoms with Crippen LogP contribution in [0.5, 0.6) is 11.5 Å². The molecule has 7 nitrogen and oxygen atoms in total. The molecule has 3 aromatic rings. The van der Waals surface area contributed by atoms with E-state index in [1.54, 1.807) is 25.1 Å². The Balaban J connectivity index is 1.42. The average Bonchev–Trinajstić information content (AvgIpc) is 2.96. The molecular weight excluding hydrogens is 408 g/mol. The zero-order valence-electron chi connectivity index (χ0n) is 17.6. The number of amides is 3. The topological polar surface area (TPSA) is 84.9 Å². The molecular formula is C25H22N2O5. The highest BCUT2D eigenvalue weighted by Crippen LogP contribution is 2.34. The standard InChI is InChI=1S/C25H22N2O5/c1-25(19-9-4-7-16-6-2-3-8-18(16)19)23(29)27(24(30)26-25)15-20(28)17-10-11-21-22(14-17)32-13-5-12-31-21/h2-4,6-11,14H,5,12-13,15H2,1H3,(H,26,30)/t25-/m1/s1. The Hall–Kier alpha value is -3.87. The lowest BCUT2D eigenvalue weighted by Gasteiger charge is -2.24. The van der Waals surface area contributed by atoms with Crippen molar-refractivity contribution in [2.45, 2.75) is 18.9 Å². The summed E-state index contributed by atoms with van der Waals surface area (Å²) in [7, 11) is 0. The molecule has 1 saturated heterocycles. The smallest absolute Gasteiger partial charge is 0.325 e. The summed E-state index contributed by atoms with van der Waals surface area (Å²) in [5.74, 6) is 0.261. The molecule has 0 saturated carbocycles. The van der Waals surface area contributed by atoms with Crippen LogP contribution in [-0.4, -0.2) is 42.4 Å². The fraction of sp³-hybridized carbons (Fsp3) is 0.240. The molecule has 32 heavy (non-hydrogen) atoms. The van der Waals surface area contributed by atoms with Gasteiger partial charge in [-0.15, -0.1) is 0 Å². The first-order valence-electron chi connectivity index (χ1n) is 10.5. The summed E-state index contributed by atoms with van der Waals surface area (Å²) in [5, 5.41) is 4.64. The van der Waals surface area contributed by atoms with Crippen molar-refractivity contribution < 1.29 is 23.9 Å². The van der Waals surface area contributed by atoms with Gasteiger partial charge in [0.05, 0.1) is 19.8 Å². The second-order valence-electron chi connectivity index (χ2n) is 8.11. The molecule has 0 radical (unpaired) electrons. The van der Waals surface area contributed by atoms with E-state index < -0.39 is 17.5 Å². The molecule has 1 fully saturated rings. The molecule has 0 aliphatic carbocycles. The van der Waals surface area contributed by atoms with Crippen LogP contribution in [0.15, 0.2) is 60.7 Å². The first-order chi connectivity index (χ1) is 15.5. The van der Waals surface area contributed by atoms with Crippen LogP contribution < -0.4 is 14.8 Å². The third-order valence-corrected chi connectivity index (χ3v) is 5.97. The Morgan fingerprint density at radius 2 is 1.75 bits per heavy atom. The van der Waals surface area contributed by atoms with E-state index in [0.29, 0.717) is 35.8 Å². The van der Waals surface area contributed by atoms with Gasteiger partial charge in [-0.2, -0.15) is 0 Å².